The van der Waals surface area contributed by atoms with E-state index in [2.05, 4.69) is 15.6 Å². The van der Waals surface area contributed by atoms with E-state index in [-0.39, 0.29) is 23.7 Å². The zero-order valence-electron chi connectivity index (χ0n) is 12.5. The number of carbonyl (C=O) groups excluding carboxylic acids is 2. The van der Waals surface area contributed by atoms with E-state index in [9.17, 15) is 9.59 Å². The smallest absolute Gasteiger partial charge is 0.228 e. The summed E-state index contributed by atoms with van der Waals surface area (Å²) < 4.78 is 0. The summed E-state index contributed by atoms with van der Waals surface area (Å²) in [5.74, 6) is 0.00778. The van der Waals surface area contributed by atoms with Crippen LogP contribution in [0.15, 0.2) is 5.38 Å². The molecule has 0 radical (unpaired) electrons. The second-order valence-electron chi connectivity index (χ2n) is 4.97. The Morgan fingerprint density at radius 2 is 1.80 bits per heavy atom. The summed E-state index contributed by atoms with van der Waals surface area (Å²) in [5.41, 5.74) is 0.770. The Morgan fingerprint density at radius 3 is 2.40 bits per heavy atom. The minimum absolute atomic E-state index is 0.0122. The number of nitrogens with zero attached hydrogens (tertiary/aromatic N) is 1. The van der Waals surface area contributed by atoms with Gasteiger partial charge in [-0.15, -0.1) is 11.3 Å². The van der Waals surface area contributed by atoms with Crippen molar-refractivity contribution in [1.82, 2.24) is 10.3 Å². The van der Waals surface area contributed by atoms with Crippen LogP contribution in [-0.2, 0) is 16.1 Å². The summed E-state index contributed by atoms with van der Waals surface area (Å²) in [6.07, 6.45) is 1.62. The number of nitrogens with one attached hydrogen (secondary N) is 2. The molecule has 0 aliphatic rings. The molecule has 20 heavy (non-hydrogen) atoms. The third-order valence-corrected chi connectivity index (χ3v) is 4.15. The average Bonchev–Trinajstić information content (AvgIpc) is 2.90. The van der Waals surface area contributed by atoms with Crippen LogP contribution < -0.4 is 10.6 Å². The SMILES string of the molecule is CC[C@H](C)C(=O)NCc1csc(NC(=O)[C@@H](C)CC)n1. The summed E-state index contributed by atoms with van der Waals surface area (Å²) in [6.45, 7) is 8.14. The molecule has 1 heterocycles. The molecule has 1 aromatic rings. The fourth-order valence-electron chi connectivity index (χ4n) is 1.40. The van der Waals surface area contributed by atoms with Crippen molar-refractivity contribution >= 4 is 28.3 Å². The first-order valence-electron chi connectivity index (χ1n) is 7.00. The largest absolute Gasteiger partial charge is 0.350 e. The Bertz CT molecular complexity index is 459. The van der Waals surface area contributed by atoms with Crippen LogP contribution >= 0.6 is 11.3 Å². The predicted molar refractivity (Wildman–Crippen MR) is 81.5 cm³/mol. The van der Waals surface area contributed by atoms with Gasteiger partial charge in [-0.05, 0) is 12.8 Å². The van der Waals surface area contributed by atoms with Crippen molar-refractivity contribution in [2.24, 2.45) is 11.8 Å². The van der Waals surface area contributed by atoms with Gasteiger partial charge >= 0.3 is 0 Å². The molecule has 0 unspecified atom stereocenters. The molecule has 0 saturated carbocycles. The van der Waals surface area contributed by atoms with E-state index in [1.165, 1.54) is 11.3 Å². The standard InChI is InChI=1S/C14H23N3O2S/c1-5-9(3)12(18)15-7-11-8-20-14(16-11)17-13(19)10(4)6-2/h8-10H,5-7H2,1-4H3,(H,15,18)(H,16,17,19)/t9-,10-/m0/s1. The molecule has 2 amide bonds. The van der Waals surface area contributed by atoms with Gasteiger partial charge in [-0.2, -0.15) is 0 Å². The molecule has 112 valence electrons. The topological polar surface area (TPSA) is 71.1 Å². The van der Waals surface area contributed by atoms with Gasteiger partial charge in [-0.25, -0.2) is 4.98 Å². The first-order valence-corrected chi connectivity index (χ1v) is 7.88. The van der Waals surface area contributed by atoms with Crippen molar-refractivity contribution in [3.63, 3.8) is 0 Å². The molecule has 1 aromatic heterocycles. The lowest BCUT2D eigenvalue weighted by molar-refractivity contribution is -0.124. The number of carbonyl (C=O) groups is 2. The van der Waals surface area contributed by atoms with Gasteiger partial charge < -0.3 is 10.6 Å². The average molecular weight is 297 g/mol. The molecule has 5 nitrogen and oxygen atoms in total. The van der Waals surface area contributed by atoms with Crippen molar-refractivity contribution in [2.75, 3.05) is 5.32 Å². The van der Waals surface area contributed by atoms with Crippen LogP contribution in [0.25, 0.3) is 0 Å². The molecule has 2 atom stereocenters. The molecule has 0 aromatic carbocycles. The van der Waals surface area contributed by atoms with Crippen LogP contribution in [0, 0.1) is 11.8 Å². The Morgan fingerprint density at radius 1 is 1.20 bits per heavy atom. The molecule has 6 heteroatoms. The highest BCUT2D eigenvalue weighted by atomic mass is 32.1. The summed E-state index contributed by atoms with van der Waals surface area (Å²) >= 11 is 1.38. The zero-order chi connectivity index (χ0) is 15.1. The van der Waals surface area contributed by atoms with E-state index in [1.54, 1.807) is 0 Å². The maximum absolute atomic E-state index is 11.7. The Balaban J connectivity index is 2.47. The van der Waals surface area contributed by atoms with Crippen molar-refractivity contribution < 1.29 is 9.59 Å². The number of anilines is 1. The van der Waals surface area contributed by atoms with Crippen molar-refractivity contribution in [3.05, 3.63) is 11.1 Å². The third kappa shape index (κ3) is 4.92. The van der Waals surface area contributed by atoms with Gasteiger partial charge in [0.15, 0.2) is 5.13 Å². The second-order valence-corrected chi connectivity index (χ2v) is 5.83. The number of amides is 2. The van der Waals surface area contributed by atoms with E-state index >= 15 is 0 Å². The van der Waals surface area contributed by atoms with Crippen LogP contribution in [0.5, 0.6) is 0 Å². The molecule has 0 fully saturated rings. The van der Waals surface area contributed by atoms with E-state index < -0.39 is 0 Å². The van der Waals surface area contributed by atoms with Gasteiger partial charge in [0.2, 0.25) is 11.8 Å². The Kier molecular flexibility index (Phi) is 6.64. The number of aromatic nitrogens is 1. The lowest BCUT2D eigenvalue weighted by Crippen LogP contribution is -2.28. The van der Waals surface area contributed by atoms with Crippen LogP contribution in [0.1, 0.15) is 46.2 Å². The molecular weight excluding hydrogens is 274 g/mol. The molecule has 1 rings (SSSR count). The highest BCUT2D eigenvalue weighted by Gasteiger charge is 2.13. The van der Waals surface area contributed by atoms with Gasteiger partial charge in [0.25, 0.3) is 0 Å². The summed E-state index contributed by atoms with van der Waals surface area (Å²) in [7, 11) is 0. The van der Waals surface area contributed by atoms with Gasteiger partial charge in [-0.1, -0.05) is 27.7 Å². The molecule has 0 aliphatic carbocycles. The van der Waals surface area contributed by atoms with Crippen LogP contribution in [-0.4, -0.2) is 16.8 Å². The maximum atomic E-state index is 11.7. The fraction of sp³-hybridized carbons (Fsp3) is 0.643. The lowest BCUT2D eigenvalue weighted by atomic mass is 10.1. The summed E-state index contributed by atoms with van der Waals surface area (Å²) in [4.78, 5) is 27.7. The predicted octanol–water partition coefficient (Wildman–Crippen LogP) is 2.79. The van der Waals surface area contributed by atoms with Crippen LogP contribution in [0.2, 0.25) is 0 Å². The summed E-state index contributed by atoms with van der Waals surface area (Å²) in [5, 5.41) is 8.07. The molecule has 0 aliphatic heterocycles. The fourth-order valence-corrected chi connectivity index (χ4v) is 2.11. The minimum atomic E-state index is -0.0209. The quantitative estimate of drug-likeness (QED) is 0.813. The number of thiazole rings is 1. The minimum Gasteiger partial charge on any atom is -0.350 e. The van der Waals surface area contributed by atoms with E-state index in [4.69, 9.17) is 0 Å². The molecule has 2 N–H and O–H groups in total. The third-order valence-electron chi connectivity index (χ3n) is 3.35. The number of hydrogen-bond donors (Lipinski definition) is 2. The van der Waals surface area contributed by atoms with Gasteiger partial charge in [0, 0.05) is 17.2 Å². The lowest BCUT2D eigenvalue weighted by Gasteiger charge is -2.08. The van der Waals surface area contributed by atoms with Crippen molar-refractivity contribution in [3.8, 4) is 0 Å². The molecule has 0 spiro atoms. The highest BCUT2D eigenvalue weighted by molar-refractivity contribution is 7.13. The maximum Gasteiger partial charge on any atom is 0.228 e. The first-order chi connectivity index (χ1) is 9.47. The first kappa shape index (κ1) is 16.6. The second kappa shape index (κ2) is 7.99. The van der Waals surface area contributed by atoms with E-state index in [0.717, 1.165) is 18.5 Å². The van der Waals surface area contributed by atoms with E-state index in [1.807, 2.05) is 33.1 Å². The van der Waals surface area contributed by atoms with Gasteiger partial charge in [-0.3, -0.25) is 9.59 Å². The normalized spacial score (nSPS) is 13.6. The van der Waals surface area contributed by atoms with E-state index in [0.29, 0.717) is 11.7 Å². The van der Waals surface area contributed by atoms with Crippen LogP contribution in [0.4, 0.5) is 5.13 Å². The van der Waals surface area contributed by atoms with Crippen molar-refractivity contribution in [1.29, 1.82) is 0 Å². The van der Waals surface area contributed by atoms with Gasteiger partial charge in [0.05, 0.1) is 12.2 Å². The van der Waals surface area contributed by atoms with Gasteiger partial charge in [0.1, 0.15) is 0 Å². The molecular formula is C14H23N3O2S. The van der Waals surface area contributed by atoms with Crippen LogP contribution in [0.3, 0.4) is 0 Å². The Hall–Kier alpha value is -1.43. The zero-order valence-corrected chi connectivity index (χ0v) is 13.3. The number of rotatable bonds is 7. The number of hydrogen-bond acceptors (Lipinski definition) is 4. The summed E-state index contributed by atoms with van der Waals surface area (Å²) in [6, 6.07) is 0. The molecule has 0 bridgehead atoms. The monoisotopic (exact) mass is 297 g/mol. The van der Waals surface area contributed by atoms with Crippen molar-refractivity contribution in [2.45, 2.75) is 47.1 Å². The molecule has 0 saturated heterocycles. The highest BCUT2D eigenvalue weighted by Crippen LogP contribution is 2.17. The Labute approximate surface area is 124 Å².